The summed E-state index contributed by atoms with van der Waals surface area (Å²) in [6.07, 6.45) is 2.37. The number of benzene rings is 1. The zero-order valence-electron chi connectivity index (χ0n) is 11.7. The van der Waals surface area contributed by atoms with Crippen molar-refractivity contribution in [1.82, 2.24) is 4.90 Å². The van der Waals surface area contributed by atoms with Gasteiger partial charge in [-0.25, -0.2) is 4.39 Å². The summed E-state index contributed by atoms with van der Waals surface area (Å²) in [5.41, 5.74) is 6.97. The third kappa shape index (κ3) is 3.67. The lowest BCUT2D eigenvalue weighted by atomic mass is 9.92. The molecule has 2 rings (SSSR count). The SMILES string of the molecule is COc1ccc(CN2CCCC(C(C)N)C2)cc1F. The molecule has 2 N–H and O–H groups in total. The number of rotatable bonds is 4. The Morgan fingerprint density at radius 2 is 2.32 bits per heavy atom. The number of hydrogen-bond donors (Lipinski definition) is 1. The van der Waals surface area contributed by atoms with Gasteiger partial charge in [-0.3, -0.25) is 4.90 Å². The molecule has 0 saturated carbocycles. The van der Waals surface area contributed by atoms with E-state index in [-0.39, 0.29) is 11.9 Å². The molecule has 2 unspecified atom stereocenters. The van der Waals surface area contributed by atoms with Crippen LogP contribution in [-0.4, -0.2) is 31.1 Å². The van der Waals surface area contributed by atoms with Crippen molar-refractivity contribution in [2.75, 3.05) is 20.2 Å². The molecule has 0 aromatic heterocycles. The van der Waals surface area contributed by atoms with Crippen LogP contribution in [0.1, 0.15) is 25.3 Å². The Morgan fingerprint density at radius 1 is 1.53 bits per heavy atom. The number of piperidine rings is 1. The second kappa shape index (κ2) is 6.35. The van der Waals surface area contributed by atoms with Crippen LogP contribution >= 0.6 is 0 Å². The molecule has 0 bridgehead atoms. The third-order valence-electron chi connectivity index (χ3n) is 3.91. The van der Waals surface area contributed by atoms with E-state index in [0.29, 0.717) is 11.7 Å². The van der Waals surface area contributed by atoms with Crippen molar-refractivity contribution in [2.45, 2.75) is 32.4 Å². The highest BCUT2D eigenvalue weighted by Gasteiger charge is 2.22. The van der Waals surface area contributed by atoms with Crippen LogP contribution in [0.15, 0.2) is 18.2 Å². The van der Waals surface area contributed by atoms with E-state index < -0.39 is 0 Å². The zero-order chi connectivity index (χ0) is 13.8. The second-order valence-corrected chi connectivity index (χ2v) is 5.47. The number of nitrogens with two attached hydrogens (primary N) is 1. The van der Waals surface area contributed by atoms with Crippen LogP contribution < -0.4 is 10.5 Å². The standard InChI is InChI=1S/C15H23FN2O/c1-11(17)13-4-3-7-18(10-13)9-12-5-6-15(19-2)14(16)8-12/h5-6,8,11,13H,3-4,7,9-10,17H2,1-2H3. The van der Waals surface area contributed by atoms with Gasteiger partial charge in [0.1, 0.15) is 0 Å². The Labute approximate surface area is 114 Å². The summed E-state index contributed by atoms with van der Waals surface area (Å²) in [5, 5.41) is 0. The van der Waals surface area contributed by atoms with E-state index in [2.05, 4.69) is 11.8 Å². The normalized spacial score (nSPS) is 22.2. The first-order valence-electron chi connectivity index (χ1n) is 6.90. The summed E-state index contributed by atoms with van der Waals surface area (Å²) >= 11 is 0. The lowest BCUT2D eigenvalue weighted by molar-refractivity contribution is 0.154. The van der Waals surface area contributed by atoms with Gasteiger partial charge in [-0.2, -0.15) is 0 Å². The van der Waals surface area contributed by atoms with Crippen molar-refractivity contribution in [1.29, 1.82) is 0 Å². The molecule has 106 valence electrons. The highest BCUT2D eigenvalue weighted by molar-refractivity contribution is 5.29. The van der Waals surface area contributed by atoms with E-state index in [1.165, 1.54) is 20.0 Å². The van der Waals surface area contributed by atoms with Crippen LogP contribution in [0.3, 0.4) is 0 Å². The van der Waals surface area contributed by atoms with E-state index in [9.17, 15) is 4.39 Å². The predicted octanol–water partition coefficient (Wildman–Crippen LogP) is 2.39. The number of methoxy groups -OCH3 is 1. The van der Waals surface area contributed by atoms with Crippen molar-refractivity contribution in [3.8, 4) is 5.75 Å². The zero-order valence-corrected chi connectivity index (χ0v) is 11.7. The fraction of sp³-hybridized carbons (Fsp3) is 0.600. The molecule has 1 aliphatic rings. The van der Waals surface area contributed by atoms with Gasteiger partial charge in [0, 0.05) is 19.1 Å². The summed E-state index contributed by atoms with van der Waals surface area (Å²) in [5.74, 6) is 0.563. The Bertz CT molecular complexity index is 423. The Morgan fingerprint density at radius 3 is 2.95 bits per heavy atom. The van der Waals surface area contributed by atoms with Crippen LogP contribution in [0, 0.1) is 11.7 Å². The predicted molar refractivity (Wildman–Crippen MR) is 74.6 cm³/mol. The molecule has 0 aliphatic carbocycles. The van der Waals surface area contributed by atoms with Crippen LogP contribution in [0.4, 0.5) is 4.39 Å². The van der Waals surface area contributed by atoms with Crippen LogP contribution in [0.5, 0.6) is 5.75 Å². The van der Waals surface area contributed by atoms with Gasteiger partial charge in [0.15, 0.2) is 11.6 Å². The highest BCUT2D eigenvalue weighted by atomic mass is 19.1. The number of halogens is 1. The Hall–Kier alpha value is -1.13. The molecule has 2 atom stereocenters. The molecule has 1 aliphatic heterocycles. The maximum Gasteiger partial charge on any atom is 0.165 e. The minimum atomic E-state index is -0.291. The maximum absolute atomic E-state index is 13.6. The van der Waals surface area contributed by atoms with E-state index in [1.54, 1.807) is 12.1 Å². The molecular formula is C15H23FN2O. The van der Waals surface area contributed by atoms with Crippen molar-refractivity contribution < 1.29 is 9.13 Å². The molecule has 3 nitrogen and oxygen atoms in total. The topological polar surface area (TPSA) is 38.5 Å². The molecule has 0 radical (unpaired) electrons. The number of likely N-dealkylation sites (tertiary alicyclic amines) is 1. The first-order chi connectivity index (χ1) is 9.10. The van der Waals surface area contributed by atoms with Crippen LogP contribution in [-0.2, 0) is 6.54 Å². The quantitative estimate of drug-likeness (QED) is 0.909. The Kier molecular flexibility index (Phi) is 4.77. The molecule has 1 heterocycles. The molecular weight excluding hydrogens is 243 g/mol. The first-order valence-corrected chi connectivity index (χ1v) is 6.90. The van der Waals surface area contributed by atoms with Gasteiger partial charge in [0.05, 0.1) is 7.11 Å². The van der Waals surface area contributed by atoms with Gasteiger partial charge < -0.3 is 10.5 Å². The monoisotopic (exact) mass is 266 g/mol. The summed E-state index contributed by atoms with van der Waals surface area (Å²) in [6, 6.07) is 5.42. The molecule has 1 fully saturated rings. The summed E-state index contributed by atoms with van der Waals surface area (Å²) in [7, 11) is 1.48. The molecule has 1 aromatic carbocycles. The molecule has 1 aromatic rings. The van der Waals surface area contributed by atoms with Gasteiger partial charge in [-0.15, -0.1) is 0 Å². The van der Waals surface area contributed by atoms with Gasteiger partial charge in [-0.1, -0.05) is 6.07 Å². The second-order valence-electron chi connectivity index (χ2n) is 5.47. The van der Waals surface area contributed by atoms with Crippen molar-refractivity contribution in [2.24, 2.45) is 11.7 Å². The molecule has 4 heteroatoms. The summed E-state index contributed by atoms with van der Waals surface area (Å²) in [4.78, 5) is 2.36. The molecule has 19 heavy (non-hydrogen) atoms. The van der Waals surface area contributed by atoms with Gasteiger partial charge in [-0.05, 0) is 49.9 Å². The smallest absolute Gasteiger partial charge is 0.165 e. The van der Waals surface area contributed by atoms with Crippen LogP contribution in [0.2, 0.25) is 0 Å². The van der Waals surface area contributed by atoms with Crippen LogP contribution in [0.25, 0.3) is 0 Å². The van der Waals surface area contributed by atoms with E-state index in [0.717, 1.165) is 25.2 Å². The Balaban J connectivity index is 1.98. The van der Waals surface area contributed by atoms with Crippen molar-refractivity contribution in [3.05, 3.63) is 29.6 Å². The van der Waals surface area contributed by atoms with E-state index in [1.807, 2.05) is 6.07 Å². The molecule has 0 spiro atoms. The summed E-state index contributed by atoms with van der Waals surface area (Å²) < 4.78 is 18.6. The van der Waals surface area contributed by atoms with Crippen molar-refractivity contribution in [3.63, 3.8) is 0 Å². The minimum absolute atomic E-state index is 0.232. The minimum Gasteiger partial charge on any atom is -0.494 e. The fourth-order valence-corrected chi connectivity index (χ4v) is 2.73. The maximum atomic E-state index is 13.6. The highest BCUT2D eigenvalue weighted by Crippen LogP contribution is 2.22. The molecule has 0 amide bonds. The lowest BCUT2D eigenvalue weighted by Gasteiger charge is -2.34. The number of hydrogen-bond acceptors (Lipinski definition) is 3. The molecule has 1 saturated heterocycles. The van der Waals surface area contributed by atoms with E-state index in [4.69, 9.17) is 10.5 Å². The van der Waals surface area contributed by atoms with Crippen molar-refractivity contribution >= 4 is 0 Å². The van der Waals surface area contributed by atoms with Gasteiger partial charge >= 0.3 is 0 Å². The lowest BCUT2D eigenvalue weighted by Crippen LogP contribution is -2.41. The fourth-order valence-electron chi connectivity index (χ4n) is 2.73. The first kappa shape index (κ1) is 14.3. The largest absolute Gasteiger partial charge is 0.494 e. The average molecular weight is 266 g/mol. The van der Waals surface area contributed by atoms with Gasteiger partial charge in [0.2, 0.25) is 0 Å². The number of nitrogens with zero attached hydrogens (tertiary/aromatic N) is 1. The van der Waals surface area contributed by atoms with E-state index >= 15 is 0 Å². The van der Waals surface area contributed by atoms with Gasteiger partial charge in [0.25, 0.3) is 0 Å². The average Bonchev–Trinajstić information content (AvgIpc) is 2.39. The number of ether oxygens (including phenoxy) is 1. The third-order valence-corrected chi connectivity index (χ3v) is 3.91. The summed E-state index contributed by atoms with van der Waals surface area (Å²) in [6.45, 7) is 4.92.